The molecule has 0 radical (unpaired) electrons. The normalized spacial score (nSPS) is 10.0. The van der Waals surface area contributed by atoms with E-state index in [1.54, 1.807) is 18.2 Å². The number of nitrogens with zero attached hydrogens (tertiary/aromatic N) is 1. The average molecular weight is 318 g/mol. The first-order chi connectivity index (χ1) is 10.9. The van der Waals surface area contributed by atoms with E-state index < -0.39 is 10.8 Å². The van der Waals surface area contributed by atoms with Gasteiger partial charge < -0.3 is 19.9 Å². The van der Waals surface area contributed by atoms with Gasteiger partial charge in [0.25, 0.3) is 0 Å². The molecule has 0 spiro atoms. The maximum Gasteiger partial charge on any atom is 0.312 e. The summed E-state index contributed by atoms with van der Waals surface area (Å²) in [6.07, 6.45) is 0. The molecule has 0 saturated heterocycles. The Labute approximate surface area is 131 Å². The Balaban J connectivity index is 2.43. The minimum absolute atomic E-state index is 0.0206. The highest BCUT2D eigenvalue weighted by atomic mass is 16.6. The summed E-state index contributed by atoms with van der Waals surface area (Å²) in [7, 11) is 2.95. The van der Waals surface area contributed by atoms with Gasteiger partial charge in [0.15, 0.2) is 0 Å². The number of nitro benzene ring substituents is 1. The monoisotopic (exact) mass is 318 g/mol. The summed E-state index contributed by atoms with van der Waals surface area (Å²) >= 11 is 0. The number of ether oxygens (including phenoxy) is 3. The van der Waals surface area contributed by atoms with Gasteiger partial charge in [-0.1, -0.05) is 0 Å². The Morgan fingerprint density at radius 2 is 1.61 bits per heavy atom. The summed E-state index contributed by atoms with van der Waals surface area (Å²) in [6, 6.07) is 8.46. The van der Waals surface area contributed by atoms with Crippen LogP contribution in [0.4, 0.5) is 5.69 Å². The maximum absolute atomic E-state index is 11.2. The van der Waals surface area contributed by atoms with Crippen molar-refractivity contribution in [2.24, 2.45) is 5.73 Å². The summed E-state index contributed by atoms with van der Waals surface area (Å²) in [4.78, 5) is 21.6. The minimum Gasteiger partial charge on any atom is -0.496 e. The molecule has 1 amide bonds. The van der Waals surface area contributed by atoms with Crippen molar-refractivity contribution in [3.63, 3.8) is 0 Å². The third kappa shape index (κ3) is 3.67. The number of carbonyl (C=O) groups excluding carboxylic acids is 1. The molecule has 0 atom stereocenters. The zero-order chi connectivity index (χ0) is 17.0. The third-order valence-electron chi connectivity index (χ3n) is 2.99. The van der Waals surface area contributed by atoms with Crippen LogP contribution < -0.4 is 19.9 Å². The van der Waals surface area contributed by atoms with Crippen LogP contribution in [0.1, 0.15) is 10.4 Å². The Kier molecular flexibility index (Phi) is 4.65. The van der Waals surface area contributed by atoms with Gasteiger partial charge in [-0.15, -0.1) is 0 Å². The highest BCUT2D eigenvalue weighted by Gasteiger charge is 2.19. The number of benzene rings is 2. The van der Waals surface area contributed by atoms with Crippen molar-refractivity contribution in [2.75, 3.05) is 14.2 Å². The van der Waals surface area contributed by atoms with Crippen molar-refractivity contribution in [2.45, 2.75) is 0 Å². The summed E-state index contributed by atoms with van der Waals surface area (Å²) in [5.74, 6) is 0.431. The zero-order valence-electron chi connectivity index (χ0n) is 12.4. The van der Waals surface area contributed by atoms with Crippen molar-refractivity contribution in [1.29, 1.82) is 0 Å². The van der Waals surface area contributed by atoms with Crippen molar-refractivity contribution in [3.8, 4) is 23.0 Å². The van der Waals surface area contributed by atoms with Gasteiger partial charge in [0, 0.05) is 29.8 Å². The second-order valence-corrected chi connectivity index (χ2v) is 4.45. The average Bonchev–Trinajstić information content (AvgIpc) is 2.54. The number of primary amides is 1. The number of nitrogens with two attached hydrogens (primary N) is 1. The smallest absolute Gasteiger partial charge is 0.312 e. The molecular weight excluding hydrogens is 304 g/mol. The quantitative estimate of drug-likeness (QED) is 0.646. The second-order valence-electron chi connectivity index (χ2n) is 4.45. The van der Waals surface area contributed by atoms with Crippen LogP contribution in [0.2, 0.25) is 0 Å². The molecule has 8 heteroatoms. The fraction of sp³-hybridized carbons (Fsp3) is 0.133. The van der Waals surface area contributed by atoms with Crippen LogP contribution >= 0.6 is 0 Å². The van der Waals surface area contributed by atoms with Crippen LogP contribution in [0.15, 0.2) is 36.4 Å². The van der Waals surface area contributed by atoms with Crippen LogP contribution in [-0.2, 0) is 0 Å². The van der Waals surface area contributed by atoms with E-state index in [1.807, 2.05) is 0 Å². The Morgan fingerprint density at radius 3 is 2.09 bits per heavy atom. The SMILES string of the molecule is COc1cc(OC)cc(Oc2ccc(C(N)=O)cc2[N+](=O)[O-])c1. The molecule has 120 valence electrons. The van der Waals surface area contributed by atoms with E-state index in [9.17, 15) is 14.9 Å². The molecule has 0 bridgehead atoms. The van der Waals surface area contributed by atoms with Gasteiger partial charge in [-0.3, -0.25) is 14.9 Å². The number of hydrogen-bond donors (Lipinski definition) is 1. The van der Waals surface area contributed by atoms with Gasteiger partial charge in [0.2, 0.25) is 11.7 Å². The molecule has 2 aromatic carbocycles. The van der Waals surface area contributed by atoms with Crippen LogP contribution in [-0.4, -0.2) is 25.1 Å². The van der Waals surface area contributed by atoms with Gasteiger partial charge in [-0.2, -0.15) is 0 Å². The summed E-state index contributed by atoms with van der Waals surface area (Å²) in [5, 5.41) is 11.2. The van der Waals surface area contributed by atoms with Crippen LogP contribution in [0.5, 0.6) is 23.0 Å². The van der Waals surface area contributed by atoms with Crippen molar-refractivity contribution < 1.29 is 23.9 Å². The summed E-state index contributed by atoms with van der Waals surface area (Å²) < 4.78 is 15.8. The lowest BCUT2D eigenvalue weighted by Crippen LogP contribution is -2.11. The first-order valence-corrected chi connectivity index (χ1v) is 6.43. The predicted molar refractivity (Wildman–Crippen MR) is 81.2 cm³/mol. The van der Waals surface area contributed by atoms with Gasteiger partial charge in [0.05, 0.1) is 19.1 Å². The summed E-state index contributed by atoms with van der Waals surface area (Å²) in [5.41, 5.74) is 4.77. The van der Waals surface area contributed by atoms with Gasteiger partial charge >= 0.3 is 5.69 Å². The van der Waals surface area contributed by atoms with Crippen molar-refractivity contribution in [3.05, 3.63) is 52.1 Å². The van der Waals surface area contributed by atoms with Crippen LogP contribution in [0, 0.1) is 10.1 Å². The highest BCUT2D eigenvalue weighted by molar-refractivity contribution is 5.93. The van der Waals surface area contributed by atoms with Crippen LogP contribution in [0.25, 0.3) is 0 Å². The molecule has 0 saturated carbocycles. The molecule has 2 rings (SSSR count). The number of nitro groups is 1. The van der Waals surface area contributed by atoms with E-state index in [0.717, 1.165) is 6.07 Å². The third-order valence-corrected chi connectivity index (χ3v) is 2.99. The van der Waals surface area contributed by atoms with Gasteiger partial charge in [0.1, 0.15) is 17.2 Å². The summed E-state index contributed by atoms with van der Waals surface area (Å²) in [6.45, 7) is 0. The largest absolute Gasteiger partial charge is 0.496 e. The van der Waals surface area contributed by atoms with E-state index >= 15 is 0 Å². The molecule has 0 aliphatic rings. The fourth-order valence-electron chi connectivity index (χ4n) is 1.87. The molecule has 0 fully saturated rings. The predicted octanol–water partition coefficient (Wildman–Crippen LogP) is 2.50. The van der Waals surface area contributed by atoms with E-state index in [4.69, 9.17) is 19.9 Å². The number of methoxy groups -OCH3 is 2. The Morgan fingerprint density at radius 1 is 1.04 bits per heavy atom. The standard InChI is InChI=1S/C15H14N2O6/c1-21-10-6-11(22-2)8-12(7-10)23-14-4-3-9(15(16)18)5-13(14)17(19)20/h3-8H,1-2H3,(H2,16,18). The van der Waals surface area contributed by atoms with E-state index in [1.165, 1.54) is 26.4 Å². The molecule has 23 heavy (non-hydrogen) atoms. The van der Waals surface area contributed by atoms with Crippen molar-refractivity contribution >= 4 is 11.6 Å². The second kappa shape index (κ2) is 6.65. The number of carbonyl (C=O) groups is 1. The molecule has 0 aliphatic heterocycles. The maximum atomic E-state index is 11.2. The molecule has 2 N–H and O–H groups in total. The Hall–Kier alpha value is -3.29. The molecular formula is C15H14N2O6. The van der Waals surface area contributed by atoms with Gasteiger partial charge in [-0.25, -0.2) is 0 Å². The number of hydrogen-bond acceptors (Lipinski definition) is 6. The fourth-order valence-corrected chi connectivity index (χ4v) is 1.87. The lowest BCUT2D eigenvalue weighted by atomic mass is 10.2. The van der Waals surface area contributed by atoms with Gasteiger partial charge in [-0.05, 0) is 12.1 Å². The number of amides is 1. The van der Waals surface area contributed by atoms with Crippen molar-refractivity contribution in [1.82, 2.24) is 0 Å². The van der Waals surface area contributed by atoms with E-state index in [0.29, 0.717) is 11.5 Å². The van der Waals surface area contributed by atoms with Crippen LogP contribution in [0.3, 0.4) is 0 Å². The molecule has 0 aliphatic carbocycles. The molecule has 0 unspecified atom stereocenters. The molecule has 2 aromatic rings. The molecule has 8 nitrogen and oxygen atoms in total. The lowest BCUT2D eigenvalue weighted by molar-refractivity contribution is -0.385. The molecule has 0 aromatic heterocycles. The zero-order valence-corrected chi connectivity index (χ0v) is 12.4. The highest BCUT2D eigenvalue weighted by Crippen LogP contribution is 2.35. The first kappa shape index (κ1) is 16.1. The molecule has 0 heterocycles. The topological polar surface area (TPSA) is 114 Å². The minimum atomic E-state index is -0.761. The lowest BCUT2D eigenvalue weighted by Gasteiger charge is -2.10. The Bertz CT molecular complexity index is 737. The van der Waals surface area contributed by atoms with E-state index in [2.05, 4.69) is 0 Å². The first-order valence-electron chi connectivity index (χ1n) is 6.43. The van der Waals surface area contributed by atoms with E-state index in [-0.39, 0.29) is 22.7 Å². The number of rotatable bonds is 6.